The van der Waals surface area contributed by atoms with Gasteiger partial charge in [-0.25, -0.2) is 0 Å². The van der Waals surface area contributed by atoms with Gasteiger partial charge in [-0.2, -0.15) is 0 Å². The zero-order valence-corrected chi connectivity index (χ0v) is 11.6. The van der Waals surface area contributed by atoms with Crippen molar-refractivity contribution in [3.8, 4) is 0 Å². The first kappa shape index (κ1) is 13.2. The molecule has 1 saturated carbocycles. The smallest absolute Gasteiger partial charge is 0.00378 e. The van der Waals surface area contributed by atoms with Crippen LogP contribution in [0.5, 0.6) is 0 Å². The SMILES string of the molecule is CC1CC(=S)C(CCCCC(C)(C)C)C1. The molecule has 2 atom stereocenters. The Hall–Kier alpha value is 0.0900. The standard InChI is InChI=1S/C14H26S/c1-11-9-12(13(15)10-11)7-5-6-8-14(2,3)4/h11-12H,5-10H2,1-4H3. The molecule has 0 amide bonds. The minimum atomic E-state index is 0.503. The van der Waals surface area contributed by atoms with Crippen molar-refractivity contribution in [3.63, 3.8) is 0 Å². The first-order chi connectivity index (χ1) is 6.88. The molecule has 1 aliphatic rings. The molecule has 88 valence electrons. The number of rotatable bonds is 4. The van der Waals surface area contributed by atoms with Crippen molar-refractivity contribution in [3.05, 3.63) is 0 Å². The van der Waals surface area contributed by atoms with Crippen molar-refractivity contribution in [1.29, 1.82) is 0 Å². The van der Waals surface area contributed by atoms with Crippen molar-refractivity contribution < 1.29 is 0 Å². The topological polar surface area (TPSA) is 0 Å². The molecule has 1 aliphatic carbocycles. The van der Waals surface area contributed by atoms with E-state index in [2.05, 4.69) is 27.7 Å². The molecule has 0 spiro atoms. The average molecular weight is 226 g/mol. The molecule has 1 heteroatoms. The fourth-order valence-corrected chi connectivity index (χ4v) is 3.03. The third-order valence-electron chi connectivity index (χ3n) is 3.42. The van der Waals surface area contributed by atoms with Crippen LogP contribution in [-0.2, 0) is 0 Å². The van der Waals surface area contributed by atoms with Gasteiger partial charge < -0.3 is 0 Å². The predicted molar refractivity (Wildman–Crippen MR) is 72.4 cm³/mol. The maximum absolute atomic E-state index is 5.44. The first-order valence-electron chi connectivity index (χ1n) is 6.41. The molecule has 2 unspecified atom stereocenters. The van der Waals surface area contributed by atoms with Crippen LogP contribution in [0.2, 0.25) is 0 Å². The van der Waals surface area contributed by atoms with E-state index < -0.39 is 0 Å². The minimum absolute atomic E-state index is 0.503. The van der Waals surface area contributed by atoms with Gasteiger partial charge in [0.25, 0.3) is 0 Å². The molecule has 0 aromatic rings. The van der Waals surface area contributed by atoms with Gasteiger partial charge in [-0.05, 0) is 47.8 Å². The lowest BCUT2D eigenvalue weighted by molar-refractivity contribution is 0.352. The fraction of sp³-hybridized carbons (Fsp3) is 0.929. The molecular weight excluding hydrogens is 200 g/mol. The van der Waals surface area contributed by atoms with Crippen LogP contribution in [-0.4, -0.2) is 4.86 Å². The molecule has 0 radical (unpaired) electrons. The van der Waals surface area contributed by atoms with Gasteiger partial charge in [0.05, 0.1) is 0 Å². The molecule has 0 N–H and O–H groups in total. The number of hydrogen-bond acceptors (Lipinski definition) is 1. The summed E-state index contributed by atoms with van der Waals surface area (Å²) < 4.78 is 0. The van der Waals surface area contributed by atoms with Crippen molar-refractivity contribution in [2.24, 2.45) is 17.3 Å². The summed E-state index contributed by atoms with van der Waals surface area (Å²) in [6.45, 7) is 9.32. The largest absolute Gasteiger partial charge is 0.0894 e. The lowest BCUT2D eigenvalue weighted by Gasteiger charge is -2.18. The third kappa shape index (κ3) is 5.10. The van der Waals surface area contributed by atoms with Crippen LogP contribution in [0.4, 0.5) is 0 Å². The highest BCUT2D eigenvalue weighted by molar-refractivity contribution is 7.80. The lowest BCUT2D eigenvalue weighted by Crippen LogP contribution is -2.06. The molecule has 0 aromatic heterocycles. The number of unbranched alkanes of at least 4 members (excludes halogenated alkanes) is 1. The van der Waals surface area contributed by atoms with Crippen LogP contribution in [0, 0.1) is 17.3 Å². The zero-order chi connectivity index (χ0) is 11.5. The molecule has 0 saturated heterocycles. The van der Waals surface area contributed by atoms with Crippen LogP contribution < -0.4 is 0 Å². The normalized spacial score (nSPS) is 27.3. The molecule has 0 aliphatic heterocycles. The Morgan fingerprint density at radius 2 is 1.93 bits per heavy atom. The Kier molecular flexibility index (Phi) is 4.76. The van der Waals surface area contributed by atoms with E-state index in [9.17, 15) is 0 Å². The Morgan fingerprint density at radius 1 is 1.27 bits per heavy atom. The summed E-state index contributed by atoms with van der Waals surface area (Å²) in [6.07, 6.45) is 8.00. The lowest BCUT2D eigenvalue weighted by atomic mass is 9.88. The summed E-state index contributed by atoms with van der Waals surface area (Å²) >= 11 is 5.44. The maximum atomic E-state index is 5.44. The number of thiocarbonyl (C=S) groups is 1. The third-order valence-corrected chi connectivity index (χ3v) is 3.92. The molecule has 15 heavy (non-hydrogen) atoms. The van der Waals surface area contributed by atoms with E-state index in [0.717, 1.165) is 11.8 Å². The van der Waals surface area contributed by atoms with Gasteiger partial charge in [0.2, 0.25) is 0 Å². The van der Waals surface area contributed by atoms with Crippen LogP contribution in [0.3, 0.4) is 0 Å². The predicted octanol–water partition coefficient (Wildman–Crippen LogP) is 5.01. The highest BCUT2D eigenvalue weighted by Crippen LogP contribution is 2.32. The minimum Gasteiger partial charge on any atom is -0.0894 e. The second-order valence-electron chi connectivity index (χ2n) is 6.51. The van der Waals surface area contributed by atoms with Crippen molar-refractivity contribution in [2.75, 3.05) is 0 Å². The summed E-state index contributed by atoms with van der Waals surface area (Å²) in [6, 6.07) is 0. The molecule has 0 aromatic carbocycles. The van der Waals surface area contributed by atoms with Crippen LogP contribution >= 0.6 is 12.2 Å². The van der Waals surface area contributed by atoms with Gasteiger partial charge in [-0.1, -0.05) is 52.8 Å². The van der Waals surface area contributed by atoms with Gasteiger partial charge in [-0.15, -0.1) is 0 Å². The van der Waals surface area contributed by atoms with E-state index >= 15 is 0 Å². The van der Waals surface area contributed by atoms with E-state index in [1.807, 2.05) is 0 Å². The molecular formula is C14H26S. The molecule has 0 bridgehead atoms. The van der Waals surface area contributed by atoms with Crippen LogP contribution in [0.15, 0.2) is 0 Å². The number of hydrogen-bond donors (Lipinski definition) is 0. The van der Waals surface area contributed by atoms with Crippen LogP contribution in [0.25, 0.3) is 0 Å². The van der Waals surface area contributed by atoms with Gasteiger partial charge in [0.1, 0.15) is 0 Å². The summed E-state index contributed by atoms with van der Waals surface area (Å²) in [5, 5.41) is 0. The summed E-state index contributed by atoms with van der Waals surface area (Å²) in [7, 11) is 0. The summed E-state index contributed by atoms with van der Waals surface area (Å²) in [5.74, 6) is 1.63. The molecule has 0 heterocycles. The van der Waals surface area contributed by atoms with Gasteiger partial charge >= 0.3 is 0 Å². The van der Waals surface area contributed by atoms with Crippen molar-refractivity contribution >= 4 is 17.1 Å². The zero-order valence-electron chi connectivity index (χ0n) is 10.8. The maximum Gasteiger partial charge on any atom is -0.00378 e. The van der Waals surface area contributed by atoms with Gasteiger partial charge in [0, 0.05) is 0 Å². The van der Waals surface area contributed by atoms with E-state index in [0.29, 0.717) is 5.41 Å². The highest BCUT2D eigenvalue weighted by Gasteiger charge is 2.25. The van der Waals surface area contributed by atoms with Gasteiger partial charge in [0.15, 0.2) is 0 Å². The fourth-order valence-electron chi connectivity index (χ4n) is 2.54. The Bertz CT molecular complexity index is 212. The Labute approximate surface area is 101 Å². The summed E-state index contributed by atoms with van der Waals surface area (Å²) in [5.41, 5.74) is 0.503. The van der Waals surface area contributed by atoms with Crippen molar-refractivity contribution in [2.45, 2.75) is 66.2 Å². The highest BCUT2D eigenvalue weighted by atomic mass is 32.1. The van der Waals surface area contributed by atoms with E-state index in [-0.39, 0.29) is 0 Å². The van der Waals surface area contributed by atoms with Crippen molar-refractivity contribution in [1.82, 2.24) is 0 Å². The Balaban J connectivity index is 2.13. The van der Waals surface area contributed by atoms with E-state index in [1.54, 1.807) is 0 Å². The monoisotopic (exact) mass is 226 g/mol. The average Bonchev–Trinajstić information content (AvgIpc) is 2.37. The second kappa shape index (κ2) is 5.43. The molecule has 1 rings (SSSR count). The summed E-state index contributed by atoms with van der Waals surface area (Å²) in [4.78, 5) is 1.36. The molecule has 0 nitrogen and oxygen atoms in total. The van der Waals surface area contributed by atoms with Crippen LogP contribution in [0.1, 0.15) is 66.2 Å². The second-order valence-corrected chi connectivity index (χ2v) is 7.04. The first-order valence-corrected chi connectivity index (χ1v) is 6.82. The Morgan fingerprint density at radius 3 is 2.40 bits per heavy atom. The molecule has 1 fully saturated rings. The van der Waals surface area contributed by atoms with E-state index in [1.165, 1.54) is 43.4 Å². The quantitative estimate of drug-likeness (QED) is 0.480. The van der Waals surface area contributed by atoms with Gasteiger partial charge in [-0.3, -0.25) is 0 Å². The van der Waals surface area contributed by atoms with E-state index in [4.69, 9.17) is 12.2 Å².